The fourth-order valence-electron chi connectivity index (χ4n) is 16.9. The molecule has 31 N–H and O–H groups in total. The van der Waals surface area contributed by atoms with Crippen LogP contribution in [0, 0.1) is 5.92 Å². The van der Waals surface area contributed by atoms with Gasteiger partial charge >= 0.3 is 5.97 Å². The van der Waals surface area contributed by atoms with Gasteiger partial charge in [0.05, 0.1) is 96.8 Å². The van der Waals surface area contributed by atoms with Crippen LogP contribution in [0.4, 0.5) is 0 Å². The second-order valence-corrected chi connectivity index (χ2v) is 33.0. The van der Waals surface area contributed by atoms with Gasteiger partial charge in [-0.25, -0.2) is 0 Å². The summed E-state index contributed by atoms with van der Waals surface area (Å²) in [5.41, 5.74) is 0. The van der Waals surface area contributed by atoms with Gasteiger partial charge in [-0.15, -0.1) is 0 Å². The van der Waals surface area contributed by atoms with Crippen LogP contribution in [-0.4, -0.2) is 540 Å². The van der Waals surface area contributed by atoms with Gasteiger partial charge in [0.2, 0.25) is 23.6 Å². The molecule has 10 aliphatic rings. The van der Waals surface area contributed by atoms with Crippen molar-refractivity contribution in [2.45, 2.75) is 354 Å². The zero-order valence-corrected chi connectivity index (χ0v) is 70.0. The van der Waals surface area contributed by atoms with Gasteiger partial charge in [-0.3, -0.25) is 24.0 Å². The van der Waals surface area contributed by atoms with Crippen molar-refractivity contribution >= 4 is 30.1 Å². The maximum absolute atomic E-state index is 13.2. The molecule has 56 nitrogen and oxygen atoms in total. The molecule has 0 aromatic heterocycles. The first-order chi connectivity index (χ1) is 61.0. The van der Waals surface area contributed by atoms with E-state index in [9.17, 15) is 162 Å². The Kier molecular flexibility index (Phi) is 38.5. The molecule has 0 bridgehead atoms. The van der Waals surface area contributed by atoms with Crippen molar-refractivity contribution < 1.29 is 257 Å². The standard InChI is InChI=1S/C73H122N4O52/c1-19-25(91)7-73(112-18-86,129-57(19)40(93)26(92)8-78)111-17-35-44(97)51(104)55(108)69(121-35)124-60-32(14-84)118-66(38(48(60)101)76-23(5)89)127-63-52(105)42(95)28(10-80)115-71(63)110-16-34-45(98)62(56(109)70(120-34)125-61-33(15-85)117-65(37(47(61)100)75-22(4)88)122-58-30(12-82)113-20(2)36(46(58)99)74-21(3)87)126-72-64(53(106)43(96)29(11-81)116-72)128-67-39(77-24(6)90)49(102)59(31(13-83)119-67)123-68-54(107)50(103)41(94)27(9-79)114-68/h18-20,25-72,78-85,91-109H,7-17H2,1-6H3,(H,74,87)(H,75,88)(H,76,89)(H,77,90)/t19-,20+,25-,26-,27?,28?,29-,30?,31?,32+,33?,34?,35?,36?,37?,38?,39?,40-,41+,42-,43-,44+,45-,46-,47-,48?,49-,50+,51+,52+,53?,54?,55?,56?,57?,58-,59-,60-,61-,62+,63?,64?,65+,66+,67+,68+,69+,70+,71+,72-,73+/m1/s1. The highest BCUT2D eigenvalue weighted by atomic mass is 16.9. The fourth-order valence-corrected chi connectivity index (χ4v) is 16.9. The van der Waals surface area contributed by atoms with Crippen molar-refractivity contribution in [3.05, 3.63) is 0 Å². The van der Waals surface area contributed by atoms with Gasteiger partial charge in [0.1, 0.15) is 226 Å². The molecule has 10 rings (SSSR count). The molecule has 19 unspecified atom stereocenters. The second kappa shape index (κ2) is 46.6. The molecule has 0 aromatic carbocycles. The van der Waals surface area contributed by atoms with Crippen molar-refractivity contribution in [2.24, 2.45) is 5.92 Å². The van der Waals surface area contributed by atoms with Crippen LogP contribution in [-0.2, 0) is 119 Å². The Morgan fingerprint density at radius 1 is 0.349 bits per heavy atom. The number of carbonyl (C=O) groups excluding carboxylic acids is 5. The first-order valence-electron chi connectivity index (χ1n) is 41.4. The summed E-state index contributed by atoms with van der Waals surface area (Å²) in [5, 5.41) is 312. The predicted octanol–water partition coefficient (Wildman–Crippen LogP) is -20.6. The smallest absolute Gasteiger partial charge is 0.332 e. The summed E-state index contributed by atoms with van der Waals surface area (Å²) in [5.74, 6) is -7.25. The molecule has 10 saturated heterocycles. The number of hydrogen-bond acceptors (Lipinski definition) is 52. The lowest BCUT2D eigenvalue weighted by Gasteiger charge is -2.51. The number of amides is 4. The number of carbonyl (C=O) groups is 5. The van der Waals surface area contributed by atoms with Crippen molar-refractivity contribution in [1.29, 1.82) is 0 Å². The van der Waals surface area contributed by atoms with E-state index >= 15 is 0 Å². The molecule has 4 amide bonds. The zero-order valence-electron chi connectivity index (χ0n) is 70.0. The molecule has 0 radical (unpaired) electrons. The summed E-state index contributed by atoms with van der Waals surface area (Å²) < 4.78 is 119. The lowest BCUT2D eigenvalue weighted by atomic mass is 9.87. The molecule has 10 aliphatic heterocycles. The Balaban J connectivity index is 0.954. The van der Waals surface area contributed by atoms with Crippen LogP contribution in [0.2, 0.25) is 0 Å². The summed E-state index contributed by atoms with van der Waals surface area (Å²) in [6.07, 6.45) is -93.9. The first-order valence-corrected chi connectivity index (χ1v) is 41.4. The number of nitrogens with one attached hydrogen (secondary N) is 4. The van der Waals surface area contributed by atoms with E-state index in [1.165, 1.54) is 13.8 Å². The third kappa shape index (κ3) is 23.9. The Bertz CT molecular complexity index is 3520. The molecule has 10 heterocycles. The van der Waals surface area contributed by atoms with Crippen LogP contribution in [0.5, 0.6) is 0 Å². The molecule has 0 aliphatic carbocycles. The third-order valence-corrected chi connectivity index (χ3v) is 24.0. The summed E-state index contributed by atoms with van der Waals surface area (Å²) in [6, 6.07) is -7.13. The van der Waals surface area contributed by atoms with E-state index in [1.54, 1.807) is 0 Å². The lowest BCUT2D eigenvalue weighted by molar-refractivity contribution is -0.424. The van der Waals surface area contributed by atoms with Crippen molar-refractivity contribution in [2.75, 3.05) is 66.1 Å². The minimum atomic E-state index is -2.66. The van der Waals surface area contributed by atoms with Crippen LogP contribution in [0.15, 0.2) is 0 Å². The Morgan fingerprint density at radius 2 is 0.667 bits per heavy atom. The van der Waals surface area contributed by atoms with E-state index in [2.05, 4.69) is 21.3 Å². The van der Waals surface area contributed by atoms with E-state index in [1.807, 2.05) is 0 Å². The second-order valence-electron chi connectivity index (χ2n) is 33.0. The van der Waals surface area contributed by atoms with Gasteiger partial charge in [0.15, 0.2) is 50.3 Å². The summed E-state index contributed by atoms with van der Waals surface area (Å²) in [6.45, 7) is -4.52. The van der Waals surface area contributed by atoms with E-state index in [-0.39, 0.29) is 6.47 Å². The number of rotatable bonds is 36. The van der Waals surface area contributed by atoms with Crippen molar-refractivity contribution in [3.63, 3.8) is 0 Å². The van der Waals surface area contributed by atoms with Crippen molar-refractivity contribution in [3.8, 4) is 0 Å². The maximum Gasteiger partial charge on any atom is 0.332 e. The van der Waals surface area contributed by atoms with Crippen LogP contribution in [0.3, 0.4) is 0 Å². The molecule has 10 fully saturated rings. The van der Waals surface area contributed by atoms with Crippen LogP contribution in [0.1, 0.15) is 48.0 Å². The highest BCUT2D eigenvalue weighted by Crippen LogP contribution is 2.43. The molecular formula is C73H122N4O52. The Morgan fingerprint density at radius 3 is 1.07 bits per heavy atom. The van der Waals surface area contributed by atoms with Crippen LogP contribution < -0.4 is 21.3 Å². The van der Waals surface area contributed by atoms with Gasteiger partial charge in [0.25, 0.3) is 6.47 Å². The fraction of sp³-hybridized carbons (Fsp3) is 0.932. The first kappa shape index (κ1) is 107. The monoisotopic (exact) mass is 1890 g/mol. The van der Waals surface area contributed by atoms with Crippen molar-refractivity contribution in [1.82, 2.24) is 21.3 Å². The summed E-state index contributed by atoms with van der Waals surface area (Å²) >= 11 is 0. The van der Waals surface area contributed by atoms with E-state index in [0.717, 1.165) is 27.7 Å². The SMILES string of the molecule is CC(=O)NC1C(O)[C@H](O[C@@H]2OC(CO[C@]3(OC=O)C[C@@H](O)[C@@H](C)C([C@H](O)[C@H](O)CO)O3)[C@H](O)[C@H](O)C2O)[C@H](CO)O[C@H]1OC1[C@@H](OCC2O[C@@H](O[C@@H]3C(CO)O[C@@H](O[C@@H]4C(CO)O[C@@H](C)C(NC(C)=O)[C@H]4O)C(NC(C)=O)[C@H]3O)C(O)[C@@H](O[C@H]3O[C@H](CO)[C@@H](O)C(O)C3O[C@@H]3OC(CO)[C@@H](O[C@@H]4OC(CO)[C@H](O)[C@H](O)C4O)[C@H](O)C3NC(C)=O)[C@@H]2O)OC(CO)[C@@H](O)[C@@H]1O. The molecule has 129 heavy (non-hydrogen) atoms. The topological polar surface area (TPSA) is 864 Å². The minimum absolute atomic E-state index is 0.192. The third-order valence-electron chi connectivity index (χ3n) is 24.0. The molecule has 0 spiro atoms. The van der Waals surface area contributed by atoms with E-state index < -0.39 is 408 Å². The molecule has 0 aromatic rings. The van der Waals surface area contributed by atoms with Gasteiger partial charge < -0.3 is 254 Å². The zero-order chi connectivity index (χ0) is 95.1. The molecular weight excluding hydrogens is 1760 g/mol. The highest BCUT2D eigenvalue weighted by Gasteiger charge is 2.62. The summed E-state index contributed by atoms with van der Waals surface area (Å²) in [4.78, 5) is 63.5. The average molecular weight is 1890 g/mol. The quantitative estimate of drug-likeness (QED) is 0.0205. The molecule has 0 saturated carbocycles. The van der Waals surface area contributed by atoms with Crippen LogP contribution in [0.25, 0.3) is 0 Å². The van der Waals surface area contributed by atoms with Crippen LogP contribution >= 0.6 is 0 Å². The van der Waals surface area contributed by atoms with Gasteiger partial charge in [-0.2, -0.15) is 0 Å². The number of ether oxygens (including phenoxy) is 20. The normalized spacial score (nSPS) is 48.1. The largest absolute Gasteiger partial charge is 0.410 e. The molecule has 56 heteroatoms. The minimum Gasteiger partial charge on any atom is -0.410 e. The van der Waals surface area contributed by atoms with E-state index in [4.69, 9.17) is 94.7 Å². The average Bonchev–Trinajstić information content (AvgIpc) is 0.804. The maximum atomic E-state index is 13.2. The Hall–Kier alpha value is -4.49. The molecule has 746 valence electrons. The van der Waals surface area contributed by atoms with E-state index in [0.29, 0.717) is 0 Å². The van der Waals surface area contributed by atoms with Gasteiger partial charge in [-0.1, -0.05) is 6.92 Å². The highest BCUT2D eigenvalue weighted by molar-refractivity contribution is 5.74. The number of aliphatic hydroxyl groups is 27. The lowest BCUT2D eigenvalue weighted by Crippen LogP contribution is -2.71. The van der Waals surface area contributed by atoms with Gasteiger partial charge in [0, 0.05) is 33.6 Å². The number of aliphatic hydroxyl groups excluding tert-OH is 27. The summed E-state index contributed by atoms with van der Waals surface area (Å²) in [7, 11) is 0. The molecule has 51 atom stereocenters. The Labute approximate surface area is 732 Å². The number of hydrogen-bond donors (Lipinski definition) is 31. The van der Waals surface area contributed by atoms with Gasteiger partial charge in [-0.05, 0) is 6.92 Å². The predicted molar refractivity (Wildman–Crippen MR) is 399 cm³/mol.